The summed E-state index contributed by atoms with van der Waals surface area (Å²) in [5, 5.41) is 9.00. The Hall–Kier alpha value is -1.03. The fourth-order valence-corrected chi connectivity index (χ4v) is 2.34. The summed E-state index contributed by atoms with van der Waals surface area (Å²) in [6, 6.07) is 6.55. The van der Waals surface area contributed by atoms with Gasteiger partial charge in [-0.15, -0.1) is 0 Å². The van der Waals surface area contributed by atoms with Crippen molar-refractivity contribution < 1.29 is 0 Å². The molecule has 1 aliphatic rings. The monoisotopic (exact) mass is 281 g/mol. The van der Waals surface area contributed by atoms with E-state index in [0.717, 1.165) is 17.8 Å². The first kappa shape index (κ1) is 12.0. The van der Waals surface area contributed by atoms with Gasteiger partial charge in [0.2, 0.25) is 0 Å². The maximum absolute atomic E-state index is 6.27. The molecule has 0 bridgehead atoms. The van der Waals surface area contributed by atoms with Crippen LogP contribution in [0.4, 0.5) is 0 Å². The normalized spacial score (nSPS) is 15.0. The van der Waals surface area contributed by atoms with E-state index >= 15 is 0 Å². The summed E-state index contributed by atoms with van der Waals surface area (Å²) in [4.78, 5) is 0. The van der Waals surface area contributed by atoms with E-state index < -0.39 is 0 Å². The Labute approximate surface area is 116 Å². The second-order valence-corrected chi connectivity index (χ2v) is 5.35. The van der Waals surface area contributed by atoms with Gasteiger partial charge in [0.05, 0.1) is 21.9 Å². The van der Waals surface area contributed by atoms with Crippen LogP contribution >= 0.6 is 23.2 Å². The Morgan fingerprint density at radius 3 is 2.83 bits per heavy atom. The molecule has 0 radical (unpaired) electrons. The summed E-state index contributed by atoms with van der Waals surface area (Å²) >= 11 is 12.2. The number of halogens is 2. The minimum atomic E-state index is 0.607. The molecule has 1 fully saturated rings. The number of hydrogen-bond acceptors (Lipinski definition) is 2. The van der Waals surface area contributed by atoms with Crippen LogP contribution < -0.4 is 5.32 Å². The average molecular weight is 282 g/mol. The molecule has 0 saturated heterocycles. The molecule has 3 nitrogen and oxygen atoms in total. The van der Waals surface area contributed by atoms with Crippen LogP contribution in [0.3, 0.4) is 0 Å². The van der Waals surface area contributed by atoms with Gasteiger partial charge in [-0.2, -0.15) is 5.10 Å². The summed E-state index contributed by atoms with van der Waals surface area (Å²) in [7, 11) is 0. The number of benzene rings is 1. The van der Waals surface area contributed by atoms with Crippen LogP contribution in [-0.4, -0.2) is 15.8 Å². The van der Waals surface area contributed by atoms with Crippen molar-refractivity contribution in [1.82, 2.24) is 15.1 Å². The van der Waals surface area contributed by atoms with Crippen molar-refractivity contribution in [1.29, 1.82) is 0 Å². The Balaban J connectivity index is 1.94. The third kappa shape index (κ3) is 2.53. The molecule has 5 heteroatoms. The quantitative estimate of drug-likeness (QED) is 0.931. The molecule has 94 valence electrons. The summed E-state index contributed by atoms with van der Waals surface area (Å²) < 4.78 is 1.73. The Bertz CT molecular complexity index is 561. The van der Waals surface area contributed by atoms with Crippen LogP contribution in [0, 0.1) is 0 Å². The predicted octanol–water partition coefficient (Wildman–Crippen LogP) is 3.43. The van der Waals surface area contributed by atoms with Gasteiger partial charge < -0.3 is 5.32 Å². The summed E-state index contributed by atoms with van der Waals surface area (Å²) in [6.07, 6.45) is 5.92. The summed E-state index contributed by atoms with van der Waals surface area (Å²) in [5.41, 5.74) is 2.04. The molecule has 0 spiro atoms. The van der Waals surface area contributed by atoms with Crippen molar-refractivity contribution in [3.8, 4) is 5.69 Å². The minimum Gasteiger partial charge on any atom is -0.310 e. The first-order valence-electron chi connectivity index (χ1n) is 5.95. The lowest BCUT2D eigenvalue weighted by molar-refractivity contribution is 0.681. The highest BCUT2D eigenvalue weighted by Crippen LogP contribution is 2.26. The molecule has 1 N–H and O–H groups in total. The highest BCUT2D eigenvalue weighted by Gasteiger charge is 2.21. The first-order chi connectivity index (χ1) is 8.74. The standard InChI is InChI=1S/C13H13Cl2N3/c14-10-7-17-18(8-10)13-9(2-1-3-12(13)15)6-16-11-4-5-11/h1-3,7-8,11,16H,4-6H2. The molecule has 1 aromatic carbocycles. The van der Waals surface area contributed by atoms with Gasteiger partial charge in [0, 0.05) is 18.8 Å². The molecule has 0 amide bonds. The van der Waals surface area contributed by atoms with E-state index in [0.29, 0.717) is 16.1 Å². The predicted molar refractivity (Wildman–Crippen MR) is 73.4 cm³/mol. The van der Waals surface area contributed by atoms with Gasteiger partial charge in [-0.1, -0.05) is 35.3 Å². The number of aromatic nitrogens is 2. The van der Waals surface area contributed by atoms with Crippen LogP contribution in [0.1, 0.15) is 18.4 Å². The second-order valence-electron chi connectivity index (χ2n) is 4.51. The number of nitrogens with one attached hydrogen (secondary N) is 1. The number of rotatable bonds is 4. The Kier molecular flexibility index (Phi) is 3.29. The molecule has 1 saturated carbocycles. The van der Waals surface area contributed by atoms with E-state index in [1.807, 2.05) is 12.1 Å². The van der Waals surface area contributed by atoms with Crippen molar-refractivity contribution in [2.24, 2.45) is 0 Å². The van der Waals surface area contributed by atoms with E-state index in [9.17, 15) is 0 Å². The smallest absolute Gasteiger partial charge is 0.0877 e. The van der Waals surface area contributed by atoms with Crippen LogP contribution in [0.2, 0.25) is 10.0 Å². The Morgan fingerprint density at radius 2 is 2.17 bits per heavy atom. The molecular formula is C13H13Cl2N3. The van der Waals surface area contributed by atoms with Gasteiger partial charge in [-0.3, -0.25) is 0 Å². The van der Waals surface area contributed by atoms with E-state index in [1.54, 1.807) is 17.1 Å². The van der Waals surface area contributed by atoms with Gasteiger partial charge in [-0.25, -0.2) is 4.68 Å². The lowest BCUT2D eigenvalue weighted by Crippen LogP contribution is -2.17. The number of nitrogens with zero attached hydrogens (tertiary/aromatic N) is 2. The van der Waals surface area contributed by atoms with Crippen molar-refractivity contribution in [3.05, 3.63) is 46.2 Å². The van der Waals surface area contributed by atoms with Gasteiger partial charge in [0.25, 0.3) is 0 Å². The van der Waals surface area contributed by atoms with Gasteiger partial charge in [-0.05, 0) is 24.5 Å². The zero-order valence-electron chi connectivity index (χ0n) is 9.74. The van der Waals surface area contributed by atoms with Crippen LogP contribution in [0.5, 0.6) is 0 Å². The highest BCUT2D eigenvalue weighted by atomic mass is 35.5. The zero-order chi connectivity index (χ0) is 12.5. The van der Waals surface area contributed by atoms with Gasteiger partial charge in [0.1, 0.15) is 0 Å². The second kappa shape index (κ2) is 4.92. The maximum atomic E-state index is 6.27. The Morgan fingerprint density at radius 1 is 1.33 bits per heavy atom. The molecule has 0 aliphatic heterocycles. The fourth-order valence-electron chi connectivity index (χ4n) is 1.92. The molecule has 0 atom stereocenters. The lowest BCUT2D eigenvalue weighted by Gasteiger charge is -2.12. The zero-order valence-corrected chi connectivity index (χ0v) is 11.2. The SMILES string of the molecule is Clc1cnn(-c2c(Cl)cccc2CNC2CC2)c1. The first-order valence-corrected chi connectivity index (χ1v) is 6.71. The van der Waals surface area contributed by atoms with Gasteiger partial charge in [0.15, 0.2) is 0 Å². The molecule has 3 rings (SSSR count). The maximum Gasteiger partial charge on any atom is 0.0877 e. The summed E-state index contributed by atoms with van der Waals surface area (Å²) in [5.74, 6) is 0. The molecular weight excluding hydrogens is 269 g/mol. The van der Waals surface area contributed by atoms with E-state index in [1.165, 1.54) is 12.8 Å². The molecule has 18 heavy (non-hydrogen) atoms. The van der Waals surface area contributed by atoms with Crippen LogP contribution in [-0.2, 0) is 6.54 Å². The van der Waals surface area contributed by atoms with Crippen molar-refractivity contribution in [3.63, 3.8) is 0 Å². The minimum absolute atomic E-state index is 0.607. The molecule has 1 aromatic heterocycles. The topological polar surface area (TPSA) is 29.9 Å². The van der Waals surface area contributed by atoms with Crippen molar-refractivity contribution in [2.45, 2.75) is 25.4 Å². The number of hydrogen-bond donors (Lipinski definition) is 1. The van der Waals surface area contributed by atoms with E-state index in [2.05, 4.69) is 16.5 Å². The van der Waals surface area contributed by atoms with E-state index in [4.69, 9.17) is 23.2 Å². The number of para-hydroxylation sites is 1. The van der Waals surface area contributed by atoms with Crippen LogP contribution in [0.25, 0.3) is 5.69 Å². The van der Waals surface area contributed by atoms with Crippen LogP contribution in [0.15, 0.2) is 30.6 Å². The average Bonchev–Trinajstić information content (AvgIpc) is 3.09. The molecule has 2 aromatic rings. The van der Waals surface area contributed by atoms with E-state index in [-0.39, 0.29) is 0 Å². The largest absolute Gasteiger partial charge is 0.310 e. The molecule has 1 aliphatic carbocycles. The third-order valence-electron chi connectivity index (χ3n) is 3.01. The van der Waals surface area contributed by atoms with Crippen molar-refractivity contribution >= 4 is 23.2 Å². The fraction of sp³-hybridized carbons (Fsp3) is 0.308. The van der Waals surface area contributed by atoms with Gasteiger partial charge >= 0.3 is 0 Å². The summed E-state index contributed by atoms with van der Waals surface area (Å²) in [6.45, 7) is 0.804. The molecule has 1 heterocycles. The lowest BCUT2D eigenvalue weighted by atomic mass is 10.1. The van der Waals surface area contributed by atoms with Crippen molar-refractivity contribution in [2.75, 3.05) is 0 Å². The molecule has 0 unspecified atom stereocenters. The third-order valence-corrected chi connectivity index (χ3v) is 3.51. The highest BCUT2D eigenvalue weighted by molar-refractivity contribution is 6.32.